The Morgan fingerprint density at radius 3 is 1.73 bits per heavy atom. The van der Waals surface area contributed by atoms with Gasteiger partial charge in [-0.15, -0.1) is 0 Å². The van der Waals surface area contributed by atoms with Crippen LogP contribution < -0.4 is 10.8 Å². The van der Waals surface area contributed by atoms with Crippen molar-refractivity contribution in [1.82, 2.24) is 0 Å². The van der Waals surface area contributed by atoms with E-state index in [2.05, 4.69) is 31.2 Å². The highest BCUT2D eigenvalue weighted by molar-refractivity contribution is 6.30. The maximum atomic E-state index is 10.9. The van der Waals surface area contributed by atoms with E-state index in [1.807, 2.05) is 0 Å². The van der Waals surface area contributed by atoms with Crippen LogP contribution in [0.3, 0.4) is 0 Å². The second-order valence-corrected chi connectivity index (χ2v) is 2.65. The van der Waals surface area contributed by atoms with Gasteiger partial charge in [0.15, 0.2) is 0 Å². The van der Waals surface area contributed by atoms with E-state index in [0.717, 1.165) is 0 Å². The largest absolute Gasteiger partial charge is 0.543 e. The Kier molecular flexibility index (Phi) is 6.31. The Bertz CT molecular complexity index is 121. The SMILES string of the molecule is CC(C)[NH3+].O=C([O-])C(F)(F)Cl. The van der Waals surface area contributed by atoms with Crippen molar-refractivity contribution in [2.45, 2.75) is 25.3 Å². The monoisotopic (exact) mass is 189 g/mol. The fraction of sp³-hybridized carbons (Fsp3) is 0.800. The lowest BCUT2D eigenvalue weighted by Crippen LogP contribution is -2.57. The molecule has 11 heavy (non-hydrogen) atoms. The fourth-order valence-electron chi connectivity index (χ4n) is 0. The number of hydrogen-bond donors (Lipinski definition) is 1. The lowest BCUT2D eigenvalue weighted by Gasteiger charge is -2.05. The number of carbonyl (C=O) groups excluding carboxylic acids is 1. The van der Waals surface area contributed by atoms with Crippen molar-refractivity contribution >= 4 is 17.6 Å². The van der Waals surface area contributed by atoms with Crippen molar-refractivity contribution < 1.29 is 24.4 Å². The van der Waals surface area contributed by atoms with Crippen LogP contribution in [0.15, 0.2) is 0 Å². The van der Waals surface area contributed by atoms with Crippen LogP contribution in [0.2, 0.25) is 0 Å². The molecule has 0 radical (unpaired) electrons. The average molecular weight is 190 g/mol. The number of aliphatic carboxylic acids is 1. The second-order valence-electron chi connectivity index (χ2n) is 2.18. The lowest BCUT2D eigenvalue weighted by molar-refractivity contribution is -0.407. The van der Waals surface area contributed by atoms with Gasteiger partial charge in [0.05, 0.1) is 6.04 Å². The molecule has 0 saturated carbocycles. The molecule has 3 N–H and O–H groups in total. The summed E-state index contributed by atoms with van der Waals surface area (Å²) in [6, 6.07) is 0.583. The summed E-state index contributed by atoms with van der Waals surface area (Å²) in [7, 11) is 0. The lowest BCUT2D eigenvalue weighted by atomic mass is 10.5. The van der Waals surface area contributed by atoms with Gasteiger partial charge in [-0.2, -0.15) is 8.78 Å². The van der Waals surface area contributed by atoms with Crippen LogP contribution >= 0.6 is 11.6 Å². The van der Waals surface area contributed by atoms with Gasteiger partial charge in [0.25, 0.3) is 0 Å². The van der Waals surface area contributed by atoms with E-state index >= 15 is 0 Å². The van der Waals surface area contributed by atoms with Gasteiger partial charge in [0, 0.05) is 0 Å². The zero-order valence-corrected chi connectivity index (χ0v) is 6.99. The molecule has 0 unspecified atom stereocenters. The molecule has 0 aliphatic rings. The van der Waals surface area contributed by atoms with Crippen molar-refractivity contribution in [3.8, 4) is 0 Å². The van der Waals surface area contributed by atoms with Gasteiger partial charge < -0.3 is 15.6 Å². The van der Waals surface area contributed by atoms with Gasteiger partial charge in [-0.25, -0.2) is 0 Å². The van der Waals surface area contributed by atoms with Crippen molar-refractivity contribution in [1.29, 1.82) is 0 Å². The molecule has 6 heteroatoms. The fourth-order valence-corrected chi connectivity index (χ4v) is 0. The molecule has 0 atom stereocenters. The first-order valence-corrected chi connectivity index (χ1v) is 3.17. The number of halogens is 3. The van der Waals surface area contributed by atoms with Crippen LogP contribution in [0.4, 0.5) is 8.78 Å². The molecule has 0 spiro atoms. The summed E-state index contributed by atoms with van der Waals surface area (Å²) in [4.78, 5) is 9.03. The van der Waals surface area contributed by atoms with Gasteiger partial charge in [-0.3, -0.25) is 0 Å². The average Bonchev–Trinajstić information content (AvgIpc) is 1.59. The molecule has 0 aromatic heterocycles. The molecule has 0 bridgehead atoms. The highest BCUT2D eigenvalue weighted by Gasteiger charge is 2.25. The minimum absolute atomic E-state index is 0.583. The summed E-state index contributed by atoms with van der Waals surface area (Å²) < 4.78 is 21.9. The number of hydrogen-bond acceptors (Lipinski definition) is 2. The standard InChI is InChI=1S/C3H9N.C2HClF2O2/c1-3(2)4;3-2(4,5)1(6)7/h3H,4H2,1-2H3;(H,6,7). The minimum Gasteiger partial charge on any atom is -0.543 e. The summed E-state index contributed by atoms with van der Waals surface area (Å²) in [5.41, 5.74) is 3.64. The molecule has 0 aliphatic carbocycles. The third-order valence-electron chi connectivity index (χ3n) is 0.231. The summed E-state index contributed by atoms with van der Waals surface area (Å²) in [6.45, 7) is 4.11. The summed E-state index contributed by atoms with van der Waals surface area (Å²) >= 11 is 3.87. The van der Waals surface area contributed by atoms with Crippen molar-refractivity contribution in [2.75, 3.05) is 0 Å². The predicted octanol–water partition coefficient (Wildman–Crippen LogP) is -0.795. The Hall–Kier alpha value is -0.420. The first-order valence-electron chi connectivity index (χ1n) is 2.79. The van der Waals surface area contributed by atoms with Crippen LogP contribution in [0.5, 0.6) is 0 Å². The summed E-state index contributed by atoms with van der Waals surface area (Å²) in [6.07, 6.45) is 0. The van der Waals surface area contributed by atoms with E-state index in [-0.39, 0.29) is 0 Å². The van der Waals surface area contributed by atoms with E-state index in [9.17, 15) is 8.78 Å². The third-order valence-corrected chi connectivity index (χ3v) is 0.386. The summed E-state index contributed by atoms with van der Waals surface area (Å²) in [5, 5.41) is 4.81. The van der Waals surface area contributed by atoms with Gasteiger partial charge in [0.1, 0.15) is 5.97 Å². The molecule has 0 aromatic carbocycles. The van der Waals surface area contributed by atoms with E-state index < -0.39 is 11.4 Å². The third kappa shape index (κ3) is 17.7. The Labute approximate surface area is 68.1 Å². The Morgan fingerprint density at radius 2 is 1.73 bits per heavy atom. The van der Waals surface area contributed by atoms with E-state index in [4.69, 9.17) is 9.90 Å². The van der Waals surface area contributed by atoms with E-state index in [0.29, 0.717) is 6.04 Å². The molecule has 0 rings (SSSR count). The minimum atomic E-state index is -4.22. The molecule has 0 saturated heterocycles. The first kappa shape index (κ1) is 13.2. The number of quaternary nitrogens is 1. The van der Waals surface area contributed by atoms with Crippen LogP contribution in [0.1, 0.15) is 13.8 Å². The highest BCUT2D eigenvalue weighted by atomic mass is 35.5. The topological polar surface area (TPSA) is 67.8 Å². The molecule has 0 heterocycles. The van der Waals surface area contributed by atoms with Crippen molar-refractivity contribution in [3.05, 3.63) is 0 Å². The van der Waals surface area contributed by atoms with Crippen LogP contribution in [0, 0.1) is 0 Å². The second kappa shape index (κ2) is 5.26. The first-order chi connectivity index (χ1) is 4.68. The normalized spacial score (nSPS) is 10.5. The van der Waals surface area contributed by atoms with E-state index in [1.165, 1.54) is 0 Å². The van der Waals surface area contributed by atoms with Gasteiger partial charge >= 0.3 is 5.38 Å². The smallest absolute Gasteiger partial charge is 0.362 e. The maximum Gasteiger partial charge on any atom is 0.362 e. The molecule has 0 aliphatic heterocycles. The molecule has 0 aromatic rings. The molecule has 0 fully saturated rings. The van der Waals surface area contributed by atoms with Crippen molar-refractivity contribution in [2.24, 2.45) is 0 Å². The zero-order valence-electron chi connectivity index (χ0n) is 6.23. The van der Waals surface area contributed by atoms with E-state index in [1.54, 1.807) is 0 Å². The molecule has 0 amide bonds. The Morgan fingerprint density at radius 1 is 1.64 bits per heavy atom. The number of carbonyl (C=O) groups is 1. The van der Waals surface area contributed by atoms with Gasteiger partial charge in [-0.1, -0.05) is 0 Å². The van der Waals surface area contributed by atoms with Gasteiger partial charge in [0.2, 0.25) is 0 Å². The molecular weight excluding hydrogens is 180 g/mol. The van der Waals surface area contributed by atoms with Crippen LogP contribution in [-0.2, 0) is 4.79 Å². The number of rotatable bonds is 1. The highest BCUT2D eigenvalue weighted by Crippen LogP contribution is 2.15. The van der Waals surface area contributed by atoms with Crippen molar-refractivity contribution in [3.63, 3.8) is 0 Å². The molecule has 68 valence electrons. The quantitative estimate of drug-likeness (QED) is 0.549. The van der Waals surface area contributed by atoms with Gasteiger partial charge in [-0.05, 0) is 25.4 Å². The van der Waals surface area contributed by atoms with Crippen LogP contribution in [-0.4, -0.2) is 17.4 Å². The zero-order chi connectivity index (χ0) is 9.65. The summed E-state index contributed by atoms with van der Waals surface area (Å²) in [5.74, 6) is -2.57. The number of carboxylic acids is 1. The molecular formula is C5H10ClF2NO2. The predicted molar refractivity (Wildman–Crippen MR) is 33.8 cm³/mol. The Balaban J connectivity index is 0. The number of carboxylic acid groups (broad SMARTS) is 1. The maximum absolute atomic E-state index is 10.9. The number of alkyl halides is 3. The van der Waals surface area contributed by atoms with Crippen LogP contribution in [0.25, 0.3) is 0 Å². The molecule has 3 nitrogen and oxygen atoms in total.